The molecule has 4 aromatic rings. The fourth-order valence-corrected chi connectivity index (χ4v) is 6.86. The van der Waals surface area contributed by atoms with E-state index in [9.17, 15) is 24.3 Å². The first-order chi connectivity index (χ1) is 22.9. The van der Waals surface area contributed by atoms with Crippen LogP contribution in [0, 0.1) is 6.92 Å². The van der Waals surface area contributed by atoms with Gasteiger partial charge in [-0.25, -0.2) is 4.98 Å². The number of pyridine rings is 1. The highest BCUT2D eigenvalue weighted by molar-refractivity contribution is 6.23. The Bertz CT molecular complexity index is 1970. The van der Waals surface area contributed by atoms with Crippen LogP contribution in [0.3, 0.4) is 0 Å². The number of nitrogens with zero attached hydrogens (tertiary/aromatic N) is 3. The van der Waals surface area contributed by atoms with Crippen molar-refractivity contribution < 1.29 is 29.0 Å². The summed E-state index contributed by atoms with van der Waals surface area (Å²) in [5, 5.41) is 13.9. The number of benzene rings is 2. The van der Waals surface area contributed by atoms with E-state index >= 15 is 0 Å². The summed E-state index contributed by atoms with van der Waals surface area (Å²) in [6.07, 6.45) is 2.29. The largest absolute Gasteiger partial charge is 0.491 e. The Morgan fingerprint density at radius 3 is 2.56 bits per heavy atom. The van der Waals surface area contributed by atoms with Gasteiger partial charge in [-0.05, 0) is 83.6 Å². The Balaban J connectivity index is 1.06. The van der Waals surface area contributed by atoms with Gasteiger partial charge in [-0.2, -0.15) is 0 Å². The van der Waals surface area contributed by atoms with E-state index in [2.05, 4.69) is 25.2 Å². The summed E-state index contributed by atoms with van der Waals surface area (Å²) in [6.45, 7) is 7.17. The lowest BCUT2D eigenvalue weighted by Gasteiger charge is -2.33. The van der Waals surface area contributed by atoms with Crippen LogP contribution < -0.4 is 20.3 Å². The lowest BCUT2D eigenvalue weighted by Crippen LogP contribution is -2.46. The molecule has 2 aromatic heterocycles. The number of H-pyrrole nitrogens is 2. The van der Waals surface area contributed by atoms with Crippen LogP contribution in [0.4, 0.5) is 5.69 Å². The molecule has 3 aliphatic rings. The second-order valence-corrected chi connectivity index (χ2v) is 13.5. The third-order valence-corrected chi connectivity index (χ3v) is 9.27. The van der Waals surface area contributed by atoms with E-state index in [1.807, 2.05) is 27.8 Å². The summed E-state index contributed by atoms with van der Waals surface area (Å²) < 4.78 is 11.9. The van der Waals surface area contributed by atoms with Crippen LogP contribution in [0.25, 0.3) is 22.4 Å². The van der Waals surface area contributed by atoms with Gasteiger partial charge in [0, 0.05) is 24.8 Å². The van der Waals surface area contributed by atoms with Gasteiger partial charge in [-0.15, -0.1) is 0 Å². The Labute approximate surface area is 276 Å². The number of imide groups is 1. The van der Waals surface area contributed by atoms with E-state index in [-0.39, 0.29) is 48.2 Å². The summed E-state index contributed by atoms with van der Waals surface area (Å²) in [5.74, 6) is 0.572. The van der Waals surface area contributed by atoms with Gasteiger partial charge in [-0.1, -0.05) is 0 Å². The topological polar surface area (TPSA) is 170 Å². The molecule has 2 aromatic carbocycles. The van der Waals surface area contributed by atoms with Crippen LogP contribution in [0.5, 0.6) is 11.5 Å². The van der Waals surface area contributed by atoms with E-state index in [0.717, 1.165) is 31.5 Å². The number of ether oxygens (including phenoxy) is 2. The number of nitrogens with one attached hydrogen (secondary N) is 3. The number of likely N-dealkylation sites (tertiary alicyclic amines) is 1. The molecule has 0 saturated carbocycles. The van der Waals surface area contributed by atoms with Crippen LogP contribution in [-0.2, 0) is 0 Å². The van der Waals surface area contributed by atoms with Crippen molar-refractivity contribution in [3.05, 3.63) is 69.1 Å². The van der Waals surface area contributed by atoms with Gasteiger partial charge in [0.15, 0.2) is 5.78 Å². The van der Waals surface area contributed by atoms with Crippen molar-refractivity contribution in [3.63, 3.8) is 0 Å². The van der Waals surface area contributed by atoms with Crippen molar-refractivity contribution in [1.29, 1.82) is 0 Å². The maximum Gasteiger partial charge on any atom is 0.261 e. The molecule has 1 atom stereocenters. The fourth-order valence-electron chi connectivity index (χ4n) is 6.86. The first-order valence-corrected chi connectivity index (χ1v) is 16.1. The minimum atomic E-state index is -0.962. The number of fused-ring (bicyclic) bond motifs is 3. The van der Waals surface area contributed by atoms with Crippen LogP contribution in [0.15, 0.2) is 41.3 Å². The van der Waals surface area contributed by atoms with Gasteiger partial charge < -0.3 is 34.8 Å². The number of aliphatic hydroxyl groups excluding tert-OH is 1. The molecule has 5 heterocycles. The molecular weight excluding hydrogens is 616 g/mol. The van der Waals surface area contributed by atoms with Gasteiger partial charge >= 0.3 is 0 Å². The zero-order valence-corrected chi connectivity index (χ0v) is 27.3. The highest BCUT2D eigenvalue weighted by Crippen LogP contribution is 2.38. The Morgan fingerprint density at radius 1 is 1.08 bits per heavy atom. The molecule has 1 unspecified atom stereocenters. The zero-order valence-electron chi connectivity index (χ0n) is 27.3. The van der Waals surface area contributed by atoms with Crippen molar-refractivity contribution in [2.24, 2.45) is 0 Å². The van der Waals surface area contributed by atoms with E-state index in [4.69, 9.17) is 9.47 Å². The highest BCUT2D eigenvalue weighted by Gasteiger charge is 2.41. The summed E-state index contributed by atoms with van der Waals surface area (Å²) >= 11 is 0. The fraction of sp³-hybridized carbons (Fsp3) is 0.400. The molecule has 0 aliphatic carbocycles. The summed E-state index contributed by atoms with van der Waals surface area (Å²) in [4.78, 5) is 66.4. The number of carbonyl (C=O) groups is 3. The van der Waals surface area contributed by atoms with Crippen molar-refractivity contribution in [2.45, 2.75) is 57.8 Å². The Hall–Kier alpha value is -5.01. The second kappa shape index (κ2) is 11.9. The number of rotatable bonds is 8. The minimum absolute atomic E-state index is 0.0216. The molecule has 0 spiro atoms. The number of aromatic amines is 2. The molecule has 3 aliphatic heterocycles. The predicted octanol–water partition coefficient (Wildman–Crippen LogP) is 3.51. The van der Waals surface area contributed by atoms with Crippen molar-refractivity contribution >= 4 is 34.3 Å². The molecule has 1 saturated heterocycles. The maximum absolute atomic E-state index is 13.4. The molecule has 13 heteroatoms. The molecule has 250 valence electrons. The number of aliphatic hydroxyl groups is 1. The molecule has 2 amide bonds. The summed E-state index contributed by atoms with van der Waals surface area (Å²) in [7, 11) is 2.03. The molecule has 1 fully saturated rings. The number of hydrogen-bond acceptors (Lipinski definition) is 10. The van der Waals surface area contributed by atoms with Crippen molar-refractivity contribution in [1.82, 2.24) is 24.8 Å². The van der Waals surface area contributed by atoms with E-state index in [1.54, 1.807) is 30.3 Å². The van der Waals surface area contributed by atoms with E-state index in [0.29, 0.717) is 51.3 Å². The molecule has 4 N–H and O–H groups in total. The molecule has 48 heavy (non-hydrogen) atoms. The number of aryl methyl sites for hydroxylation is 1. The van der Waals surface area contributed by atoms with Crippen LogP contribution in [-0.4, -0.2) is 98.5 Å². The van der Waals surface area contributed by atoms with Gasteiger partial charge in [-0.3, -0.25) is 24.1 Å². The lowest BCUT2D eigenvalue weighted by atomic mass is 9.90. The third kappa shape index (κ3) is 5.73. The smallest absolute Gasteiger partial charge is 0.261 e. The number of piperidine rings is 1. The van der Waals surface area contributed by atoms with Crippen LogP contribution in [0.1, 0.15) is 69.7 Å². The predicted molar refractivity (Wildman–Crippen MR) is 178 cm³/mol. The average Bonchev–Trinajstić information content (AvgIpc) is 3.54. The van der Waals surface area contributed by atoms with Crippen LogP contribution in [0.2, 0.25) is 0 Å². The van der Waals surface area contributed by atoms with Gasteiger partial charge in [0.1, 0.15) is 41.2 Å². The third-order valence-electron chi connectivity index (χ3n) is 9.27. The monoisotopic (exact) mass is 654 g/mol. The van der Waals surface area contributed by atoms with Crippen molar-refractivity contribution in [2.75, 3.05) is 38.6 Å². The number of aromatic nitrogens is 3. The van der Waals surface area contributed by atoms with Gasteiger partial charge in [0.25, 0.3) is 17.4 Å². The second-order valence-electron chi connectivity index (χ2n) is 13.5. The average molecular weight is 655 g/mol. The van der Waals surface area contributed by atoms with Crippen molar-refractivity contribution in [3.8, 4) is 22.9 Å². The van der Waals surface area contributed by atoms with Crippen LogP contribution >= 0.6 is 0 Å². The number of carbonyl (C=O) groups excluding carboxylic acids is 3. The normalized spacial score (nSPS) is 18.5. The number of Topliss-reactive ketones (excluding diaryl/α,β-unsaturated/α-hetero) is 1. The lowest BCUT2D eigenvalue weighted by molar-refractivity contribution is 0.0514. The summed E-state index contributed by atoms with van der Waals surface area (Å²) in [5.41, 5.74) is 2.48. The molecule has 7 rings (SSSR count). The number of ketones is 1. The van der Waals surface area contributed by atoms with Gasteiger partial charge in [0.2, 0.25) is 0 Å². The van der Waals surface area contributed by atoms with E-state index < -0.39 is 17.3 Å². The number of hydrogen-bond donors (Lipinski definition) is 4. The maximum atomic E-state index is 13.4. The minimum Gasteiger partial charge on any atom is -0.491 e. The zero-order chi connectivity index (χ0) is 33.9. The molecule has 13 nitrogen and oxygen atoms in total. The van der Waals surface area contributed by atoms with E-state index in [1.165, 1.54) is 11.1 Å². The van der Waals surface area contributed by atoms with Gasteiger partial charge in [0.05, 0.1) is 39.8 Å². The first-order valence-electron chi connectivity index (χ1n) is 16.1. The molecule has 0 radical (unpaired) electrons. The quantitative estimate of drug-likeness (QED) is 0.206. The molecular formula is C35H38N6O7. The number of anilines is 1. The number of amides is 2. The highest BCUT2D eigenvalue weighted by atomic mass is 16.5. The Kier molecular flexibility index (Phi) is 7.83. The molecule has 0 bridgehead atoms. The Morgan fingerprint density at radius 2 is 1.81 bits per heavy atom. The standard InChI is InChI=1S/C35H38N6O7/c1-18-11-21(12-28-29(18)27(43)15-35(2,3)48-28)47-17-20(42)16-37-24-5-8-36-32(44)30(24)31-38-25-13-22-23(14-26(25)39-31)34(46)41(33(22)45)19-6-9-40(4)10-7-19/h5,8,11-14,19-20,42H,6-7,9-10,15-17H2,1-4H3,(H,38,39)(H2,36,37,44). The summed E-state index contributed by atoms with van der Waals surface area (Å²) in [6, 6.07) is 8.18. The number of imidazole rings is 1. The SMILES string of the molecule is Cc1cc(OCC(O)CNc2cc[nH]c(=O)c2-c2nc3cc4c(cc3[nH]2)C(=O)N(C2CCN(C)CC2)C4=O)cc2c1C(=O)CC(C)(C)O2. The first kappa shape index (κ1) is 31.6.